The smallest absolute Gasteiger partial charge is 0.426 e. The van der Waals surface area contributed by atoms with Crippen LogP contribution in [0.4, 0.5) is 0 Å². The minimum atomic E-state index is -1.66. The highest BCUT2D eigenvalue weighted by Gasteiger charge is 2.31. The largest absolute Gasteiger partial charge is 0.475 e. The Kier molecular flexibility index (Phi) is 11.7. The van der Waals surface area contributed by atoms with E-state index in [1.165, 1.54) is 0 Å². The molecule has 0 heterocycles. The third kappa shape index (κ3) is 9.98. The molecule has 29 heavy (non-hydrogen) atoms. The first kappa shape index (κ1) is 25.2. The zero-order valence-electron chi connectivity index (χ0n) is 18.0. The summed E-state index contributed by atoms with van der Waals surface area (Å²) in [7, 11) is -0.0146. The van der Waals surface area contributed by atoms with Gasteiger partial charge < -0.3 is 31.3 Å². The molecule has 1 aliphatic rings. The Labute approximate surface area is 174 Å². The molecule has 0 spiro atoms. The lowest BCUT2D eigenvalue weighted by atomic mass is 9.75. The molecule has 0 aromatic heterocycles. The van der Waals surface area contributed by atoms with Gasteiger partial charge in [-0.15, -0.1) is 0 Å². The molecule has 0 aliphatic heterocycles. The predicted octanol–water partition coefficient (Wildman–Crippen LogP) is 0.118. The van der Waals surface area contributed by atoms with Crippen LogP contribution in [0.15, 0.2) is 0 Å². The van der Waals surface area contributed by atoms with E-state index in [1.54, 1.807) is 7.05 Å². The lowest BCUT2D eigenvalue weighted by Crippen LogP contribution is -2.55. The van der Waals surface area contributed by atoms with Gasteiger partial charge in [0.05, 0.1) is 5.94 Å². The number of nitrogens with one attached hydrogen (secondary N) is 5. The second-order valence-electron chi connectivity index (χ2n) is 8.25. The van der Waals surface area contributed by atoms with Crippen LogP contribution in [0.25, 0.3) is 0 Å². The molecule has 0 bridgehead atoms. The summed E-state index contributed by atoms with van der Waals surface area (Å²) in [4.78, 5) is 25.5. The van der Waals surface area contributed by atoms with Gasteiger partial charge in [-0.2, -0.15) is 0 Å². The fraction of sp³-hybridized carbons (Fsp3) is 0.842. The first-order chi connectivity index (χ1) is 13.7. The number of hydrogen-bond donors (Lipinski definition) is 7. The van der Waals surface area contributed by atoms with Crippen molar-refractivity contribution in [1.82, 2.24) is 21.3 Å². The first-order valence-electron chi connectivity index (χ1n) is 10.7. The average Bonchev–Trinajstić information content (AvgIpc) is 2.69. The Morgan fingerprint density at radius 3 is 2.34 bits per heavy atom. The molecule has 2 amide bonds. The van der Waals surface area contributed by atoms with E-state index in [1.807, 2.05) is 13.8 Å². The first-order valence-corrected chi connectivity index (χ1v) is 10.7. The van der Waals surface area contributed by atoms with Crippen LogP contribution in [-0.2, 0) is 9.59 Å². The van der Waals surface area contributed by atoms with Crippen molar-refractivity contribution in [3.8, 4) is 0 Å². The summed E-state index contributed by atoms with van der Waals surface area (Å²) in [5.74, 6) is -0.995. The molecule has 0 unspecified atom stereocenters. The van der Waals surface area contributed by atoms with Crippen LogP contribution >= 0.6 is 0 Å². The minimum absolute atomic E-state index is 0.0652. The summed E-state index contributed by atoms with van der Waals surface area (Å²) in [6, 6.07) is -0.747. The van der Waals surface area contributed by atoms with E-state index < -0.39 is 25.0 Å². The van der Waals surface area contributed by atoms with Gasteiger partial charge in [0.1, 0.15) is 6.04 Å². The maximum Gasteiger partial charge on any atom is 0.475 e. The van der Waals surface area contributed by atoms with Crippen molar-refractivity contribution in [1.29, 1.82) is 5.41 Å². The molecule has 0 aromatic carbocycles. The van der Waals surface area contributed by atoms with Gasteiger partial charge in [-0.3, -0.25) is 15.0 Å². The highest BCUT2D eigenvalue weighted by Crippen LogP contribution is 2.24. The van der Waals surface area contributed by atoms with Gasteiger partial charge in [-0.1, -0.05) is 33.1 Å². The van der Waals surface area contributed by atoms with Crippen LogP contribution in [0.5, 0.6) is 0 Å². The summed E-state index contributed by atoms with van der Waals surface area (Å²) >= 11 is 0. The van der Waals surface area contributed by atoms with Crippen LogP contribution in [0.1, 0.15) is 65.2 Å². The second kappa shape index (κ2) is 13.4. The molecular weight excluding hydrogens is 373 g/mol. The Balaban J connectivity index is 2.71. The predicted molar refractivity (Wildman–Crippen MR) is 114 cm³/mol. The molecule has 166 valence electrons. The number of amides is 2. The number of hydrogen-bond acceptors (Lipinski definition) is 5. The van der Waals surface area contributed by atoms with Gasteiger partial charge in [0, 0.05) is 19.5 Å². The van der Waals surface area contributed by atoms with E-state index in [0.29, 0.717) is 25.8 Å². The highest BCUT2D eigenvalue weighted by atomic mass is 16.4. The fourth-order valence-corrected chi connectivity index (χ4v) is 3.58. The van der Waals surface area contributed by atoms with E-state index in [9.17, 15) is 19.6 Å². The topological polar surface area (TPSA) is 147 Å². The van der Waals surface area contributed by atoms with E-state index in [2.05, 4.69) is 21.3 Å². The molecule has 1 fully saturated rings. The van der Waals surface area contributed by atoms with Gasteiger partial charge in [0.25, 0.3) is 0 Å². The van der Waals surface area contributed by atoms with E-state index in [0.717, 1.165) is 32.1 Å². The van der Waals surface area contributed by atoms with Crippen molar-refractivity contribution in [3.05, 3.63) is 0 Å². The molecule has 0 saturated heterocycles. The van der Waals surface area contributed by atoms with Gasteiger partial charge in [0.2, 0.25) is 11.8 Å². The SMILES string of the molecule is CNC(=N)NCCC[C@H](NC(=O)C1CCCCC1)C(=O)N[C@@H](CC(C)C)B(O)O. The van der Waals surface area contributed by atoms with Gasteiger partial charge in [0.15, 0.2) is 5.96 Å². The molecule has 2 atom stereocenters. The van der Waals surface area contributed by atoms with Crippen LogP contribution in [0, 0.1) is 17.2 Å². The summed E-state index contributed by atoms with van der Waals surface area (Å²) in [6.45, 7) is 4.36. The third-order valence-electron chi connectivity index (χ3n) is 5.24. The van der Waals surface area contributed by atoms with E-state index >= 15 is 0 Å². The fourth-order valence-electron chi connectivity index (χ4n) is 3.58. The standard InChI is InChI=1S/C19H38BN5O4/c1-13(2)12-16(20(28)29)25-18(27)15(10-7-11-23-19(21)22-3)24-17(26)14-8-5-4-6-9-14/h13-16,28-29H,4-12H2,1-3H3,(H,24,26)(H,25,27)(H3,21,22,23)/t15-,16-/m0/s1. The lowest BCUT2D eigenvalue weighted by Gasteiger charge is -2.27. The van der Waals surface area contributed by atoms with Crippen molar-refractivity contribution in [2.45, 2.75) is 77.2 Å². The summed E-state index contributed by atoms with van der Waals surface area (Å²) < 4.78 is 0. The average molecular weight is 411 g/mol. The third-order valence-corrected chi connectivity index (χ3v) is 5.24. The van der Waals surface area contributed by atoms with Crippen molar-refractivity contribution in [2.75, 3.05) is 13.6 Å². The molecule has 0 radical (unpaired) electrons. The molecule has 0 aromatic rings. The maximum absolute atomic E-state index is 12.8. The number of carbonyl (C=O) groups is 2. The van der Waals surface area contributed by atoms with E-state index in [4.69, 9.17) is 5.41 Å². The van der Waals surface area contributed by atoms with Crippen molar-refractivity contribution < 1.29 is 19.6 Å². The molecule has 1 rings (SSSR count). The molecule has 1 aliphatic carbocycles. The zero-order chi connectivity index (χ0) is 21.8. The molecular formula is C19H38BN5O4. The molecule has 9 nitrogen and oxygen atoms in total. The van der Waals surface area contributed by atoms with Crippen LogP contribution in [-0.4, -0.2) is 60.5 Å². The summed E-state index contributed by atoms with van der Waals surface area (Å²) in [5.41, 5.74) is 0. The highest BCUT2D eigenvalue weighted by molar-refractivity contribution is 6.43. The summed E-state index contributed by atoms with van der Waals surface area (Å²) in [6.07, 6.45) is 6.26. The molecule has 7 N–H and O–H groups in total. The Hall–Kier alpha value is -1.81. The van der Waals surface area contributed by atoms with Crippen molar-refractivity contribution in [2.24, 2.45) is 11.8 Å². The quantitative estimate of drug-likeness (QED) is 0.111. The Bertz CT molecular complexity index is 527. The van der Waals surface area contributed by atoms with Gasteiger partial charge >= 0.3 is 7.12 Å². The van der Waals surface area contributed by atoms with Gasteiger partial charge in [-0.05, 0) is 38.0 Å². The van der Waals surface area contributed by atoms with Gasteiger partial charge in [-0.25, -0.2) is 0 Å². The van der Waals surface area contributed by atoms with Crippen molar-refractivity contribution in [3.63, 3.8) is 0 Å². The van der Waals surface area contributed by atoms with Crippen LogP contribution < -0.4 is 21.3 Å². The lowest BCUT2D eigenvalue weighted by molar-refractivity contribution is -0.132. The molecule has 1 saturated carbocycles. The Morgan fingerprint density at radius 2 is 1.79 bits per heavy atom. The number of rotatable bonds is 11. The van der Waals surface area contributed by atoms with E-state index in [-0.39, 0.29) is 23.7 Å². The summed E-state index contributed by atoms with van der Waals surface area (Å²) in [5, 5.41) is 37.8. The molecule has 10 heteroatoms. The zero-order valence-corrected chi connectivity index (χ0v) is 18.0. The second-order valence-corrected chi connectivity index (χ2v) is 8.25. The monoisotopic (exact) mass is 411 g/mol. The minimum Gasteiger partial charge on any atom is -0.426 e. The normalized spacial score (nSPS) is 16.6. The number of guanidine groups is 1. The Morgan fingerprint density at radius 1 is 1.14 bits per heavy atom. The van der Waals surface area contributed by atoms with Crippen molar-refractivity contribution >= 4 is 24.9 Å². The maximum atomic E-state index is 12.8. The number of carbonyl (C=O) groups excluding carboxylic acids is 2. The van der Waals surface area contributed by atoms with Crippen LogP contribution in [0.2, 0.25) is 0 Å². The van der Waals surface area contributed by atoms with Crippen LogP contribution in [0.3, 0.4) is 0 Å².